The number of amides is 2. The van der Waals surface area contributed by atoms with E-state index in [0.29, 0.717) is 67.5 Å². The number of nitrogens with two attached hydrogens (primary N) is 1. The van der Waals surface area contributed by atoms with Gasteiger partial charge in [-0.2, -0.15) is 0 Å². The summed E-state index contributed by atoms with van der Waals surface area (Å²) in [5.74, 6) is -1.91. The van der Waals surface area contributed by atoms with Crippen LogP contribution in [0.25, 0.3) is 0 Å². The Bertz CT molecular complexity index is 2740. The number of aromatic carboxylic acids is 2. The number of nitrogens with one attached hydrogen (secondary N) is 2. The van der Waals surface area contributed by atoms with Crippen LogP contribution in [0, 0.1) is 20.8 Å². The molecule has 2 amide bonds. The van der Waals surface area contributed by atoms with Crippen LogP contribution in [0.2, 0.25) is 0 Å². The van der Waals surface area contributed by atoms with Crippen LogP contribution in [0.3, 0.4) is 0 Å². The Morgan fingerprint density at radius 3 is 1.29 bits per heavy atom. The van der Waals surface area contributed by atoms with Gasteiger partial charge in [0.15, 0.2) is 0 Å². The second-order valence-corrected chi connectivity index (χ2v) is 20.3. The van der Waals surface area contributed by atoms with Crippen molar-refractivity contribution in [3.8, 4) is 17.2 Å². The number of carbonyl (C=O) groups excluding carboxylic acids is 4. The Labute approximate surface area is 431 Å². The summed E-state index contributed by atoms with van der Waals surface area (Å²) in [6.07, 6.45) is 0. The van der Waals surface area contributed by atoms with Crippen molar-refractivity contribution in [3.05, 3.63) is 177 Å². The van der Waals surface area contributed by atoms with Crippen LogP contribution in [0.4, 0.5) is 17.1 Å². The number of nitrogen functional groups attached to an aromatic ring is 1. The largest absolute Gasteiger partial charge is 0.508 e. The number of hydrogen-bond acceptors (Lipinski definition) is 12. The minimum Gasteiger partial charge on any atom is -0.508 e. The van der Waals surface area contributed by atoms with E-state index in [1.165, 1.54) is 50.6 Å². The van der Waals surface area contributed by atoms with Gasteiger partial charge in [0.25, 0.3) is 11.8 Å². The Kier molecular flexibility index (Phi) is 27.0. The number of esters is 2. The maximum atomic E-state index is 12.3. The highest BCUT2D eigenvalue weighted by Gasteiger charge is 2.14. The Balaban J connectivity index is 0.000000468. The summed E-state index contributed by atoms with van der Waals surface area (Å²) in [4.78, 5) is 68.2. The molecule has 6 rings (SSSR count). The first-order valence-electron chi connectivity index (χ1n) is 20.0. The molecule has 0 aliphatic rings. The lowest BCUT2D eigenvalue weighted by Crippen LogP contribution is -2.14. The van der Waals surface area contributed by atoms with Gasteiger partial charge in [-0.05, 0) is 147 Å². The van der Waals surface area contributed by atoms with E-state index < -0.39 is 17.9 Å². The van der Waals surface area contributed by atoms with Gasteiger partial charge in [-0.1, -0.05) is 25.6 Å². The van der Waals surface area contributed by atoms with Crippen molar-refractivity contribution in [3.63, 3.8) is 0 Å². The normalized spacial score (nSPS) is 9.46. The van der Waals surface area contributed by atoms with E-state index in [2.05, 4.69) is 67.4 Å². The van der Waals surface area contributed by atoms with Gasteiger partial charge in [0, 0.05) is 28.2 Å². The summed E-state index contributed by atoms with van der Waals surface area (Å²) in [6, 6.07) is 33.8. The first kappa shape index (κ1) is 60.9. The molecule has 70 heavy (non-hydrogen) atoms. The third-order valence-electron chi connectivity index (χ3n) is 9.01. The van der Waals surface area contributed by atoms with Gasteiger partial charge in [0.2, 0.25) is 0 Å². The summed E-state index contributed by atoms with van der Waals surface area (Å²) in [5, 5.41) is 32.3. The van der Waals surface area contributed by atoms with Crippen molar-refractivity contribution in [1.82, 2.24) is 0 Å². The van der Waals surface area contributed by atoms with E-state index in [4.69, 9.17) is 25.4 Å². The first-order valence-corrected chi connectivity index (χ1v) is 22.7. The number of phenols is 1. The molecule has 6 aromatic rings. The lowest BCUT2D eigenvalue weighted by Gasteiger charge is -2.10. The Morgan fingerprint density at radius 2 is 0.900 bits per heavy atom. The average molecular weight is 1150 g/mol. The number of anilines is 3. The van der Waals surface area contributed by atoms with E-state index in [1.54, 1.807) is 119 Å². The third kappa shape index (κ3) is 21.0. The van der Waals surface area contributed by atoms with Gasteiger partial charge >= 0.3 is 27.1 Å². The number of halogens is 3. The van der Waals surface area contributed by atoms with Gasteiger partial charge in [0.1, 0.15) is 17.2 Å². The van der Waals surface area contributed by atoms with Crippen LogP contribution in [-0.4, -0.2) is 82.6 Å². The number of ether oxygens (including phenoxy) is 4. The Morgan fingerprint density at radius 1 is 0.514 bits per heavy atom. The lowest BCUT2D eigenvalue weighted by molar-refractivity contribution is 0.0592. The van der Waals surface area contributed by atoms with E-state index in [9.17, 15) is 33.9 Å². The molecule has 0 aromatic heterocycles. The zero-order valence-corrected chi connectivity index (χ0v) is 43.1. The van der Waals surface area contributed by atoms with Crippen LogP contribution < -0.4 is 25.8 Å². The molecule has 0 saturated carbocycles. The molecule has 0 unspecified atom stereocenters. The van der Waals surface area contributed by atoms with Gasteiger partial charge in [0.05, 0.1) is 50.7 Å². The fourth-order valence-electron chi connectivity index (χ4n) is 5.68. The summed E-state index contributed by atoms with van der Waals surface area (Å²) in [6.45, 7) is 5.29. The molecule has 0 saturated heterocycles. The summed E-state index contributed by atoms with van der Waals surface area (Å²) >= 11 is 9.31. The zero-order chi connectivity index (χ0) is 51.8. The maximum absolute atomic E-state index is 12.3. The number of carbonyl (C=O) groups is 6. The second-order valence-electron chi connectivity index (χ2n) is 13.9. The minimum absolute atomic E-state index is 0. The van der Waals surface area contributed by atoms with Crippen molar-refractivity contribution in [2.75, 3.05) is 44.8 Å². The SMILES string of the molecule is BrB(Br)Br.C.COC(=O)c1cccc(N)c1.COC(=O)c1cccc(NC(=O)c2ccc(OC)cc2C)c1.COc1ccc(C(=O)O)c(C)c1.Cc1cc(O)ccc1C(=O)Nc1cccc(C(=O)O)c1. The van der Waals surface area contributed by atoms with Crippen molar-refractivity contribution < 1.29 is 63.0 Å². The van der Waals surface area contributed by atoms with Crippen LogP contribution in [0.15, 0.2) is 127 Å². The quantitative estimate of drug-likeness (QED) is 0.0424. The number of methoxy groups -OCH3 is 4. The highest BCUT2D eigenvalue weighted by Crippen LogP contribution is 2.21. The first-order chi connectivity index (χ1) is 32.6. The summed E-state index contributed by atoms with van der Waals surface area (Å²) < 4.78 is 19.5. The highest BCUT2D eigenvalue weighted by molar-refractivity contribution is 9.69. The molecule has 0 aliphatic carbocycles. The van der Waals surface area contributed by atoms with Crippen LogP contribution >= 0.6 is 47.3 Å². The predicted molar refractivity (Wildman–Crippen MR) is 284 cm³/mol. The summed E-state index contributed by atoms with van der Waals surface area (Å²) in [7, 11) is 5.78. The molecule has 370 valence electrons. The molecule has 0 radical (unpaired) electrons. The monoisotopic (exact) mass is 1150 g/mol. The number of carboxylic acid groups (broad SMARTS) is 2. The van der Waals surface area contributed by atoms with E-state index in [-0.39, 0.29) is 39.7 Å². The number of hydrogen-bond donors (Lipinski definition) is 6. The van der Waals surface area contributed by atoms with Gasteiger partial charge in [-0.25, -0.2) is 19.2 Å². The van der Waals surface area contributed by atoms with E-state index >= 15 is 0 Å². The fraction of sp³-hybridized carbons (Fsp3) is 0.160. The van der Waals surface area contributed by atoms with Gasteiger partial charge in [-0.15, -0.1) is 47.3 Å². The molecule has 7 N–H and O–H groups in total. The molecule has 0 spiro atoms. The maximum Gasteiger partial charge on any atom is 0.369 e. The molecule has 20 heteroatoms. The topological polar surface area (TPSA) is 250 Å². The number of aromatic hydroxyl groups is 1. The third-order valence-corrected chi connectivity index (χ3v) is 9.01. The van der Waals surface area contributed by atoms with Gasteiger partial charge in [-0.3, -0.25) is 9.59 Å². The van der Waals surface area contributed by atoms with Crippen LogP contribution in [0.5, 0.6) is 17.2 Å². The molecule has 0 aliphatic heterocycles. The number of carboxylic acids is 2. The number of rotatable bonds is 10. The summed E-state index contributed by atoms with van der Waals surface area (Å²) in [5.41, 5.74) is 11.3. The molecule has 0 bridgehead atoms. The van der Waals surface area contributed by atoms with Crippen molar-refractivity contribution in [2.45, 2.75) is 28.2 Å². The minimum atomic E-state index is -1.05. The van der Waals surface area contributed by atoms with Crippen LogP contribution in [0.1, 0.15) is 86.3 Å². The van der Waals surface area contributed by atoms with Crippen molar-refractivity contribution in [1.29, 1.82) is 0 Å². The second kappa shape index (κ2) is 31.1. The zero-order valence-electron chi connectivity index (χ0n) is 38.3. The number of phenolic OH excluding ortho intramolecular Hbond substituents is 1. The molecule has 6 aromatic carbocycles. The van der Waals surface area contributed by atoms with E-state index in [0.717, 1.165) is 5.56 Å². The predicted octanol–water partition coefficient (Wildman–Crippen LogP) is 11.2. The standard InChI is InChI=1S/C17H17NO4.C15H13NO4.C9H10O3.C8H9NO2.CH4.BBr3/c1-11-9-14(21-2)7-8-15(11)16(19)18-13-6-4-5-12(10-13)17(20)22-3;1-9-7-12(17)5-6-13(9)14(18)16-11-4-2-3-10(8-11)15(19)20;1-6-5-7(12-2)3-4-8(6)9(10)11;1-11-8(10)6-3-2-4-7(9)5-6;;2-1(3)4/h4-10H,1-3H3,(H,18,19);2-8,17H,1H3,(H,16,18)(H,19,20);3-5H,1-2H3,(H,10,11);2-5H,9H2,1H3;1H4;. The Hall–Kier alpha value is -7.16. The average Bonchev–Trinajstić information content (AvgIpc) is 3.31. The van der Waals surface area contributed by atoms with Gasteiger partial charge < -0.3 is 50.6 Å². The van der Waals surface area contributed by atoms with Crippen molar-refractivity contribution >= 4 is 103 Å². The van der Waals surface area contributed by atoms with Crippen molar-refractivity contribution in [2.24, 2.45) is 0 Å². The number of aryl methyl sites for hydroxylation is 3. The lowest BCUT2D eigenvalue weighted by atomic mass is 10.1. The fourth-order valence-corrected chi connectivity index (χ4v) is 5.68. The molecule has 16 nitrogen and oxygen atoms in total. The molecular formula is C50H53BBr3N3O13. The van der Waals surface area contributed by atoms with Crippen LogP contribution in [-0.2, 0) is 9.47 Å². The highest BCUT2D eigenvalue weighted by atomic mass is 79.9. The molecule has 0 heterocycles. The van der Waals surface area contributed by atoms with E-state index in [1.807, 2.05) is 6.92 Å². The number of benzene rings is 6. The molecule has 0 fully saturated rings. The molecular weight excluding hydrogens is 1100 g/mol. The molecule has 0 atom stereocenters. The smallest absolute Gasteiger partial charge is 0.369 e.